The number of hydrogen-bond donors (Lipinski definition) is 3. The van der Waals surface area contributed by atoms with Crippen LogP contribution in [0.1, 0.15) is 5.56 Å². The quantitative estimate of drug-likeness (QED) is 0.527. The summed E-state index contributed by atoms with van der Waals surface area (Å²) in [6.45, 7) is 0.886. The molecule has 0 bridgehead atoms. The Morgan fingerprint density at radius 1 is 0.806 bits per heavy atom. The SMILES string of the molecule is O=C(Cc1cc(Cl)c2c(c1)OCCO2)Nc1cccc(NC(=O)Nc2ccccc2)c1. The van der Waals surface area contributed by atoms with E-state index in [2.05, 4.69) is 16.0 Å². The van der Waals surface area contributed by atoms with E-state index < -0.39 is 0 Å². The van der Waals surface area contributed by atoms with Gasteiger partial charge in [0.25, 0.3) is 0 Å². The molecule has 158 valence electrons. The van der Waals surface area contributed by atoms with Crippen molar-refractivity contribution in [1.82, 2.24) is 0 Å². The van der Waals surface area contributed by atoms with Crippen LogP contribution in [0.3, 0.4) is 0 Å². The van der Waals surface area contributed by atoms with Gasteiger partial charge < -0.3 is 25.4 Å². The molecule has 1 aliphatic heterocycles. The molecule has 1 aliphatic rings. The van der Waals surface area contributed by atoms with Crippen molar-refractivity contribution in [3.05, 3.63) is 77.3 Å². The van der Waals surface area contributed by atoms with Gasteiger partial charge in [0, 0.05) is 17.1 Å². The number of benzene rings is 3. The Labute approximate surface area is 184 Å². The number of ether oxygens (including phenoxy) is 2. The van der Waals surface area contributed by atoms with Crippen molar-refractivity contribution in [1.29, 1.82) is 0 Å². The maximum absolute atomic E-state index is 12.5. The molecule has 1 heterocycles. The van der Waals surface area contributed by atoms with Gasteiger partial charge in [0.05, 0.1) is 11.4 Å². The smallest absolute Gasteiger partial charge is 0.323 e. The van der Waals surface area contributed by atoms with Crippen LogP contribution >= 0.6 is 11.6 Å². The highest BCUT2D eigenvalue weighted by molar-refractivity contribution is 6.32. The highest BCUT2D eigenvalue weighted by Crippen LogP contribution is 2.38. The average molecular weight is 438 g/mol. The molecule has 0 unspecified atom stereocenters. The fraction of sp³-hybridized carbons (Fsp3) is 0.130. The van der Waals surface area contributed by atoms with Gasteiger partial charge in [-0.15, -0.1) is 0 Å². The first-order valence-electron chi connectivity index (χ1n) is 9.68. The van der Waals surface area contributed by atoms with Crippen molar-refractivity contribution in [2.75, 3.05) is 29.2 Å². The van der Waals surface area contributed by atoms with Gasteiger partial charge >= 0.3 is 6.03 Å². The molecule has 4 rings (SSSR count). The molecule has 0 saturated heterocycles. The topological polar surface area (TPSA) is 88.7 Å². The second-order valence-corrected chi connectivity index (χ2v) is 7.26. The molecule has 0 spiro atoms. The molecule has 3 aromatic rings. The molecule has 3 aromatic carbocycles. The largest absolute Gasteiger partial charge is 0.486 e. The summed E-state index contributed by atoms with van der Waals surface area (Å²) in [5, 5.41) is 8.73. The van der Waals surface area contributed by atoms with Gasteiger partial charge in [-0.3, -0.25) is 4.79 Å². The van der Waals surface area contributed by atoms with Crippen molar-refractivity contribution >= 4 is 40.6 Å². The first-order valence-corrected chi connectivity index (χ1v) is 10.1. The lowest BCUT2D eigenvalue weighted by Crippen LogP contribution is -2.20. The predicted molar refractivity (Wildman–Crippen MR) is 120 cm³/mol. The van der Waals surface area contributed by atoms with Crippen LogP contribution in [-0.2, 0) is 11.2 Å². The molecule has 0 saturated carbocycles. The van der Waals surface area contributed by atoms with Crippen LogP contribution in [0.15, 0.2) is 66.7 Å². The summed E-state index contributed by atoms with van der Waals surface area (Å²) in [7, 11) is 0. The van der Waals surface area contributed by atoms with Crippen molar-refractivity contribution in [3.8, 4) is 11.5 Å². The number of nitrogens with one attached hydrogen (secondary N) is 3. The Bertz CT molecular complexity index is 1110. The summed E-state index contributed by atoms with van der Waals surface area (Å²) in [4.78, 5) is 24.7. The molecule has 7 nitrogen and oxygen atoms in total. The third-order valence-corrected chi connectivity index (χ3v) is 4.74. The minimum Gasteiger partial charge on any atom is -0.486 e. The Balaban J connectivity index is 1.37. The third kappa shape index (κ3) is 5.46. The minimum absolute atomic E-state index is 0.114. The zero-order chi connectivity index (χ0) is 21.6. The van der Waals surface area contributed by atoms with E-state index in [0.29, 0.717) is 52.4 Å². The van der Waals surface area contributed by atoms with Crippen LogP contribution in [0.5, 0.6) is 11.5 Å². The average Bonchev–Trinajstić information content (AvgIpc) is 2.74. The van der Waals surface area contributed by atoms with Gasteiger partial charge in [-0.05, 0) is 48.0 Å². The molecule has 3 amide bonds. The molecule has 8 heteroatoms. The Hall–Kier alpha value is -3.71. The maximum atomic E-state index is 12.5. The lowest BCUT2D eigenvalue weighted by atomic mass is 10.1. The zero-order valence-electron chi connectivity index (χ0n) is 16.5. The number of amides is 3. The van der Waals surface area contributed by atoms with E-state index in [0.717, 1.165) is 0 Å². The Kier molecular flexibility index (Phi) is 6.24. The number of carbonyl (C=O) groups is 2. The third-order valence-electron chi connectivity index (χ3n) is 4.46. The normalized spacial score (nSPS) is 12.0. The molecule has 0 atom stereocenters. The molecule has 0 aromatic heterocycles. The number of fused-ring (bicyclic) bond motifs is 1. The second kappa shape index (κ2) is 9.40. The van der Waals surface area contributed by atoms with Crippen LogP contribution in [0, 0.1) is 0 Å². The lowest BCUT2D eigenvalue weighted by molar-refractivity contribution is -0.115. The summed E-state index contributed by atoms with van der Waals surface area (Å²) in [5.41, 5.74) is 2.51. The van der Waals surface area contributed by atoms with Crippen LogP contribution in [0.25, 0.3) is 0 Å². The molecule has 3 N–H and O–H groups in total. The lowest BCUT2D eigenvalue weighted by Gasteiger charge is -2.20. The maximum Gasteiger partial charge on any atom is 0.323 e. The van der Waals surface area contributed by atoms with E-state index in [-0.39, 0.29) is 18.4 Å². The molecule has 0 aliphatic carbocycles. The van der Waals surface area contributed by atoms with Gasteiger partial charge in [0.15, 0.2) is 11.5 Å². The fourth-order valence-electron chi connectivity index (χ4n) is 3.15. The van der Waals surface area contributed by atoms with Gasteiger partial charge in [-0.25, -0.2) is 4.79 Å². The van der Waals surface area contributed by atoms with E-state index in [1.807, 2.05) is 18.2 Å². The number of urea groups is 1. The highest BCUT2D eigenvalue weighted by Gasteiger charge is 2.17. The van der Waals surface area contributed by atoms with Gasteiger partial charge in [0.1, 0.15) is 13.2 Å². The van der Waals surface area contributed by atoms with Crippen molar-refractivity contribution < 1.29 is 19.1 Å². The summed E-state index contributed by atoms with van der Waals surface area (Å²) in [6, 6.07) is 19.1. The van der Waals surface area contributed by atoms with E-state index in [1.54, 1.807) is 48.5 Å². The molecule has 0 radical (unpaired) electrons. The van der Waals surface area contributed by atoms with Crippen molar-refractivity contribution in [2.24, 2.45) is 0 Å². The Morgan fingerprint density at radius 3 is 2.29 bits per heavy atom. The zero-order valence-corrected chi connectivity index (χ0v) is 17.2. The van der Waals surface area contributed by atoms with Crippen molar-refractivity contribution in [2.45, 2.75) is 6.42 Å². The van der Waals surface area contributed by atoms with E-state index in [4.69, 9.17) is 21.1 Å². The molecular weight excluding hydrogens is 418 g/mol. The Morgan fingerprint density at radius 2 is 1.48 bits per heavy atom. The standard InChI is InChI=1S/C23H20ClN3O4/c24-19-11-15(12-20-22(19)31-10-9-30-20)13-21(28)25-17-7-4-8-18(14-17)27-23(29)26-16-5-2-1-3-6-16/h1-8,11-12,14H,9-10,13H2,(H,25,28)(H2,26,27,29). The number of anilines is 3. The highest BCUT2D eigenvalue weighted by atomic mass is 35.5. The predicted octanol–water partition coefficient (Wildman–Crippen LogP) is 4.94. The summed E-state index contributed by atoms with van der Waals surface area (Å²) >= 11 is 6.24. The number of hydrogen-bond acceptors (Lipinski definition) is 4. The fourth-order valence-corrected chi connectivity index (χ4v) is 3.43. The van der Waals surface area contributed by atoms with Gasteiger partial charge in [0.2, 0.25) is 5.91 Å². The van der Waals surface area contributed by atoms with Crippen LogP contribution in [-0.4, -0.2) is 25.2 Å². The van der Waals surface area contributed by atoms with Gasteiger partial charge in [-0.1, -0.05) is 35.9 Å². The molecule has 0 fully saturated rings. The van der Waals surface area contributed by atoms with E-state index in [1.165, 1.54) is 0 Å². The van der Waals surface area contributed by atoms with Crippen molar-refractivity contribution in [3.63, 3.8) is 0 Å². The molecule has 31 heavy (non-hydrogen) atoms. The van der Waals surface area contributed by atoms with E-state index >= 15 is 0 Å². The number of halogens is 1. The summed E-state index contributed by atoms with van der Waals surface area (Å²) in [5.74, 6) is 0.820. The first kappa shape index (κ1) is 20.6. The molecular formula is C23H20ClN3O4. The van der Waals surface area contributed by atoms with Crippen LogP contribution in [0.4, 0.5) is 21.9 Å². The van der Waals surface area contributed by atoms with E-state index in [9.17, 15) is 9.59 Å². The minimum atomic E-state index is -0.374. The summed E-state index contributed by atoms with van der Waals surface area (Å²) in [6.07, 6.45) is 0.114. The summed E-state index contributed by atoms with van der Waals surface area (Å²) < 4.78 is 11.0. The van der Waals surface area contributed by atoms with Crippen LogP contribution < -0.4 is 25.4 Å². The second-order valence-electron chi connectivity index (χ2n) is 6.85. The van der Waals surface area contributed by atoms with Gasteiger partial charge in [-0.2, -0.15) is 0 Å². The number of para-hydroxylation sites is 1. The monoisotopic (exact) mass is 437 g/mol. The first-order chi connectivity index (χ1) is 15.1. The van der Waals surface area contributed by atoms with Crippen LogP contribution in [0.2, 0.25) is 5.02 Å². The number of carbonyl (C=O) groups excluding carboxylic acids is 2. The number of rotatable bonds is 5.